The molecular weight excluding hydrogens is 230 g/mol. The van der Waals surface area contributed by atoms with Gasteiger partial charge in [-0.1, -0.05) is 12.1 Å². The van der Waals surface area contributed by atoms with Crippen LogP contribution in [0.3, 0.4) is 0 Å². The van der Waals surface area contributed by atoms with Crippen LogP contribution in [0.4, 0.5) is 0 Å². The lowest BCUT2D eigenvalue weighted by Gasteiger charge is -2.06. The van der Waals surface area contributed by atoms with Crippen LogP contribution in [0, 0.1) is 6.92 Å². The number of fused-ring (bicyclic) bond motifs is 1. The molecule has 5 heteroatoms. The van der Waals surface area contributed by atoms with Crippen molar-refractivity contribution in [3.63, 3.8) is 0 Å². The fourth-order valence-electron chi connectivity index (χ4n) is 1.77. The highest BCUT2D eigenvalue weighted by Crippen LogP contribution is 2.27. The molecule has 2 rings (SSSR count). The molecule has 0 spiro atoms. The second-order valence-electron chi connectivity index (χ2n) is 4.15. The average Bonchev–Trinajstić information content (AvgIpc) is 2.49. The van der Waals surface area contributed by atoms with Crippen LogP contribution in [0.25, 0.3) is 6.08 Å². The number of rotatable bonds is 1. The van der Waals surface area contributed by atoms with E-state index < -0.39 is 5.91 Å². The number of amides is 1. The fraction of sp³-hybridized carbons (Fsp3) is 0.231. The molecule has 1 heterocycles. The Hall–Kier alpha value is -2.30. The zero-order valence-electron chi connectivity index (χ0n) is 10.1. The van der Waals surface area contributed by atoms with Gasteiger partial charge in [-0.15, -0.1) is 0 Å². The molecule has 0 atom stereocenters. The molecule has 5 nitrogen and oxygen atoms in total. The average molecular weight is 245 g/mol. The molecule has 0 aliphatic carbocycles. The van der Waals surface area contributed by atoms with Gasteiger partial charge < -0.3 is 16.2 Å². The standard InChI is InChI=1S/C13H15N3O2/c1-8-2-3-9-7-10(12(17)16-13(14)15)4-5-18-11(9)6-8/h2-3,6-7H,4-5H2,1H3,(H4,14,15,16,17). The van der Waals surface area contributed by atoms with Gasteiger partial charge in [0.05, 0.1) is 6.61 Å². The van der Waals surface area contributed by atoms with Gasteiger partial charge in [0, 0.05) is 17.6 Å². The molecule has 1 aromatic carbocycles. The first-order valence-electron chi connectivity index (χ1n) is 5.64. The van der Waals surface area contributed by atoms with Gasteiger partial charge in [-0.2, -0.15) is 4.99 Å². The van der Waals surface area contributed by atoms with Crippen molar-refractivity contribution >= 4 is 17.9 Å². The summed E-state index contributed by atoms with van der Waals surface area (Å²) < 4.78 is 5.60. The Morgan fingerprint density at radius 2 is 2.17 bits per heavy atom. The highest BCUT2D eigenvalue weighted by atomic mass is 16.5. The topological polar surface area (TPSA) is 90.7 Å². The highest BCUT2D eigenvalue weighted by molar-refractivity contribution is 6.04. The number of nitrogens with zero attached hydrogens (tertiary/aromatic N) is 1. The molecule has 0 bridgehead atoms. The maximum Gasteiger partial charge on any atom is 0.276 e. The molecular formula is C13H15N3O2. The number of hydrogen-bond donors (Lipinski definition) is 2. The van der Waals surface area contributed by atoms with E-state index in [4.69, 9.17) is 16.2 Å². The number of guanidine groups is 1. The van der Waals surface area contributed by atoms with Crippen LogP contribution in [0.2, 0.25) is 0 Å². The SMILES string of the molecule is Cc1ccc2c(c1)OCCC(C(=O)N=C(N)N)=C2. The summed E-state index contributed by atoms with van der Waals surface area (Å²) in [5.41, 5.74) is 12.9. The monoisotopic (exact) mass is 245 g/mol. The normalized spacial score (nSPS) is 13.7. The van der Waals surface area contributed by atoms with E-state index >= 15 is 0 Å². The zero-order valence-corrected chi connectivity index (χ0v) is 10.1. The summed E-state index contributed by atoms with van der Waals surface area (Å²) >= 11 is 0. The zero-order chi connectivity index (χ0) is 13.1. The minimum absolute atomic E-state index is 0.227. The molecule has 0 fully saturated rings. The van der Waals surface area contributed by atoms with Crippen LogP contribution in [0.1, 0.15) is 17.5 Å². The molecule has 0 radical (unpaired) electrons. The van der Waals surface area contributed by atoms with Crippen molar-refractivity contribution in [3.05, 3.63) is 34.9 Å². The summed E-state index contributed by atoms with van der Waals surface area (Å²) in [6, 6.07) is 5.82. The highest BCUT2D eigenvalue weighted by Gasteiger charge is 2.15. The summed E-state index contributed by atoms with van der Waals surface area (Å²) in [7, 11) is 0. The molecule has 94 valence electrons. The van der Waals surface area contributed by atoms with E-state index in [-0.39, 0.29) is 5.96 Å². The maximum atomic E-state index is 11.8. The van der Waals surface area contributed by atoms with E-state index in [1.165, 1.54) is 0 Å². The molecule has 1 aliphatic rings. The second-order valence-corrected chi connectivity index (χ2v) is 4.15. The van der Waals surface area contributed by atoms with Crippen molar-refractivity contribution in [1.82, 2.24) is 0 Å². The number of carbonyl (C=O) groups excluding carboxylic acids is 1. The number of carbonyl (C=O) groups is 1. The Labute approximate surface area is 105 Å². The van der Waals surface area contributed by atoms with Crippen LogP contribution in [-0.4, -0.2) is 18.5 Å². The maximum absolute atomic E-state index is 11.8. The van der Waals surface area contributed by atoms with Crippen LogP contribution in [0.15, 0.2) is 28.8 Å². The smallest absolute Gasteiger partial charge is 0.276 e. The first kappa shape index (κ1) is 12.2. The predicted molar refractivity (Wildman–Crippen MR) is 70.1 cm³/mol. The second kappa shape index (κ2) is 4.91. The van der Waals surface area contributed by atoms with E-state index in [1.54, 1.807) is 6.08 Å². The lowest BCUT2D eigenvalue weighted by Crippen LogP contribution is -2.24. The number of hydrogen-bond acceptors (Lipinski definition) is 2. The summed E-state index contributed by atoms with van der Waals surface area (Å²) in [5.74, 6) is 0.143. The molecule has 0 saturated carbocycles. The van der Waals surface area contributed by atoms with Gasteiger partial charge in [-0.05, 0) is 24.6 Å². The Kier molecular flexibility index (Phi) is 3.32. The van der Waals surface area contributed by atoms with Crippen LogP contribution < -0.4 is 16.2 Å². The van der Waals surface area contributed by atoms with Crippen molar-refractivity contribution < 1.29 is 9.53 Å². The number of aliphatic imine (C=N–C) groups is 1. The van der Waals surface area contributed by atoms with Gasteiger partial charge in [-0.3, -0.25) is 4.79 Å². The van der Waals surface area contributed by atoms with E-state index in [0.29, 0.717) is 18.6 Å². The summed E-state index contributed by atoms with van der Waals surface area (Å²) in [6.45, 7) is 2.43. The Bertz CT molecular complexity index is 543. The van der Waals surface area contributed by atoms with E-state index in [0.717, 1.165) is 16.9 Å². The van der Waals surface area contributed by atoms with Crippen molar-refractivity contribution in [1.29, 1.82) is 0 Å². The van der Waals surface area contributed by atoms with Gasteiger partial charge in [0.1, 0.15) is 5.75 Å². The molecule has 1 amide bonds. The lowest BCUT2D eigenvalue weighted by molar-refractivity contribution is -0.114. The molecule has 18 heavy (non-hydrogen) atoms. The van der Waals surface area contributed by atoms with Gasteiger partial charge in [-0.25, -0.2) is 0 Å². The number of aryl methyl sites for hydroxylation is 1. The Balaban J connectivity index is 2.37. The molecule has 0 aromatic heterocycles. The minimum atomic E-state index is -0.410. The van der Waals surface area contributed by atoms with Gasteiger partial charge in [0.25, 0.3) is 5.91 Å². The largest absolute Gasteiger partial charge is 0.493 e. The van der Waals surface area contributed by atoms with Crippen LogP contribution in [0.5, 0.6) is 5.75 Å². The summed E-state index contributed by atoms with van der Waals surface area (Å²) in [4.78, 5) is 15.3. The van der Waals surface area contributed by atoms with Gasteiger partial charge >= 0.3 is 0 Å². The summed E-state index contributed by atoms with van der Waals surface area (Å²) in [5, 5.41) is 0. The molecule has 0 saturated heterocycles. The lowest BCUT2D eigenvalue weighted by atomic mass is 10.1. The van der Waals surface area contributed by atoms with Crippen LogP contribution in [-0.2, 0) is 4.79 Å². The first-order valence-corrected chi connectivity index (χ1v) is 5.64. The molecule has 1 aliphatic heterocycles. The van der Waals surface area contributed by atoms with Crippen molar-refractivity contribution in [2.24, 2.45) is 16.5 Å². The number of nitrogens with two attached hydrogens (primary N) is 2. The van der Waals surface area contributed by atoms with E-state index in [1.807, 2.05) is 25.1 Å². The van der Waals surface area contributed by atoms with E-state index in [2.05, 4.69) is 4.99 Å². The predicted octanol–water partition coefficient (Wildman–Crippen LogP) is 0.961. The number of benzene rings is 1. The third kappa shape index (κ3) is 2.68. The molecule has 0 unspecified atom stereocenters. The van der Waals surface area contributed by atoms with Gasteiger partial charge in [0.2, 0.25) is 0 Å². The van der Waals surface area contributed by atoms with Crippen molar-refractivity contribution in [2.45, 2.75) is 13.3 Å². The Morgan fingerprint density at radius 3 is 2.89 bits per heavy atom. The summed E-state index contributed by atoms with van der Waals surface area (Å²) in [6.07, 6.45) is 2.26. The molecule has 4 N–H and O–H groups in total. The third-order valence-electron chi connectivity index (χ3n) is 2.63. The third-order valence-corrected chi connectivity index (χ3v) is 2.63. The Morgan fingerprint density at radius 1 is 1.39 bits per heavy atom. The molecule has 1 aromatic rings. The first-order chi connectivity index (χ1) is 8.56. The van der Waals surface area contributed by atoms with Crippen molar-refractivity contribution in [2.75, 3.05) is 6.61 Å². The minimum Gasteiger partial charge on any atom is -0.493 e. The van der Waals surface area contributed by atoms with Gasteiger partial charge in [0.15, 0.2) is 5.96 Å². The van der Waals surface area contributed by atoms with Crippen LogP contribution >= 0.6 is 0 Å². The van der Waals surface area contributed by atoms with Crippen molar-refractivity contribution in [3.8, 4) is 5.75 Å². The fourth-order valence-corrected chi connectivity index (χ4v) is 1.77. The quantitative estimate of drug-likeness (QED) is 0.569. The number of ether oxygens (including phenoxy) is 1. The van der Waals surface area contributed by atoms with E-state index in [9.17, 15) is 4.79 Å².